The van der Waals surface area contributed by atoms with Crippen molar-refractivity contribution in [2.45, 2.75) is 19.3 Å². The molecule has 0 saturated carbocycles. The fourth-order valence-corrected chi connectivity index (χ4v) is 2.85. The zero-order chi connectivity index (χ0) is 20.2. The third-order valence-corrected chi connectivity index (χ3v) is 4.44. The monoisotopic (exact) mass is 382 g/mol. The highest BCUT2D eigenvalue weighted by Crippen LogP contribution is 2.12. The van der Waals surface area contributed by atoms with Gasteiger partial charge in [-0.2, -0.15) is 0 Å². The largest absolute Gasteiger partial charge is 0.497 e. The van der Waals surface area contributed by atoms with Gasteiger partial charge < -0.3 is 20.7 Å². The Morgan fingerprint density at radius 1 is 1.00 bits per heavy atom. The number of hydrogen-bond acceptors (Lipinski definition) is 3. The number of nitrogens with one attached hydrogen (secondary N) is 3. The maximum Gasteiger partial charge on any atom is 0.251 e. The number of aryl methyl sites for hydroxylation is 1. The Balaban J connectivity index is 1.69. The van der Waals surface area contributed by atoms with Crippen LogP contribution in [0.4, 0.5) is 0 Å². The molecule has 150 valence electrons. The van der Waals surface area contributed by atoms with Gasteiger partial charge in [0, 0.05) is 32.7 Å². The van der Waals surface area contributed by atoms with Crippen molar-refractivity contribution in [2.75, 3.05) is 34.3 Å². The Hall–Kier alpha value is -3.02. The summed E-state index contributed by atoms with van der Waals surface area (Å²) < 4.78 is 5.18. The van der Waals surface area contributed by atoms with Crippen molar-refractivity contribution >= 4 is 11.9 Å². The van der Waals surface area contributed by atoms with Crippen molar-refractivity contribution in [3.05, 3.63) is 65.2 Å². The molecule has 0 radical (unpaired) electrons. The maximum atomic E-state index is 11.7. The number of methoxy groups -OCH3 is 1. The number of benzene rings is 2. The van der Waals surface area contributed by atoms with Crippen molar-refractivity contribution in [3.8, 4) is 5.75 Å². The summed E-state index contributed by atoms with van der Waals surface area (Å²) in [5.41, 5.74) is 3.09. The average molecular weight is 383 g/mol. The minimum Gasteiger partial charge on any atom is -0.497 e. The summed E-state index contributed by atoms with van der Waals surface area (Å²) in [7, 11) is 5.09. The van der Waals surface area contributed by atoms with Crippen LogP contribution in [0.1, 0.15) is 27.9 Å². The lowest BCUT2D eigenvalue weighted by Gasteiger charge is -2.12. The fraction of sp³-hybridized carbons (Fsp3) is 0.364. The predicted molar refractivity (Wildman–Crippen MR) is 114 cm³/mol. The average Bonchev–Trinajstić information content (AvgIpc) is 2.75. The van der Waals surface area contributed by atoms with Crippen molar-refractivity contribution in [1.82, 2.24) is 16.0 Å². The number of carbonyl (C=O) groups is 1. The molecule has 6 heteroatoms. The fourth-order valence-electron chi connectivity index (χ4n) is 2.85. The zero-order valence-electron chi connectivity index (χ0n) is 16.9. The van der Waals surface area contributed by atoms with Gasteiger partial charge in [-0.3, -0.25) is 9.79 Å². The number of amides is 1. The molecule has 0 aromatic heterocycles. The van der Waals surface area contributed by atoms with E-state index in [0.717, 1.165) is 49.6 Å². The molecule has 0 saturated heterocycles. The quantitative estimate of drug-likeness (QED) is 0.354. The topological polar surface area (TPSA) is 74.8 Å². The Kier molecular flexibility index (Phi) is 8.85. The summed E-state index contributed by atoms with van der Waals surface area (Å²) in [6.45, 7) is 1.59. The first-order valence-electron chi connectivity index (χ1n) is 9.54. The number of ether oxygens (including phenoxy) is 1. The van der Waals surface area contributed by atoms with Gasteiger partial charge in [0.1, 0.15) is 5.75 Å². The van der Waals surface area contributed by atoms with E-state index < -0.39 is 0 Å². The van der Waals surface area contributed by atoms with Crippen LogP contribution in [0.15, 0.2) is 53.5 Å². The SMILES string of the molecule is CN=C(NCCCc1ccc(OC)cc1)NCCc1cccc(C(=O)NC)c1. The van der Waals surface area contributed by atoms with Crippen LogP contribution >= 0.6 is 0 Å². The highest BCUT2D eigenvalue weighted by molar-refractivity contribution is 5.94. The van der Waals surface area contributed by atoms with E-state index >= 15 is 0 Å². The second-order valence-electron chi connectivity index (χ2n) is 6.41. The summed E-state index contributed by atoms with van der Waals surface area (Å²) in [6.07, 6.45) is 2.83. The molecule has 0 spiro atoms. The summed E-state index contributed by atoms with van der Waals surface area (Å²) in [6, 6.07) is 15.8. The maximum absolute atomic E-state index is 11.7. The van der Waals surface area contributed by atoms with Crippen LogP contribution in [0.3, 0.4) is 0 Å². The van der Waals surface area contributed by atoms with E-state index in [4.69, 9.17) is 4.74 Å². The molecule has 2 aromatic carbocycles. The van der Waals surface area contributed by atoms with Gasteiger partial charge in [-0.15, -0.1) is 0 Å². The third kappa shape index (κ3) is 6.95. The summed E-state index contributed by atoms with van der Waals surface area (Å²) in [4.78, 5) is 16.0. The normalized spacial score (nSPS) is 11.0. The molecule has 0 bridgehead atoms. The van der Waals surface area contributed by atoms with Crippen LogP contribution < -0.4 is 20.7 Å². The standard InChI is InChI=1S/C22H30N4O2/c1-23-21(27)19-8-4-6-18(16-19)13-15-26-22(24-2)25-14-5-7-17-9-11-20(28-3)12-10-17/h4,6,8-12,16H,5,7,13-15H2,1-3H3,(H,23,27)(H2,24,25,26). The van der Waals surface area contributed by atoms with Crippen LogP contribution in [-0.2, 0) is 12.8 Å². The van der Waals surface area contributed by atoms with Gasteiger partial charge in [-0.05, 0) is 54.7 Å². The lowest BCUT2D eigenvalue weighted by molar-refractivity contribution is 0.0963. The number of carbonyl (C=O) groups excluding carboxylic acids is 1. The number of aliphatic imine (C=N–C) groups is 1. The minimum atomic E-state index is -0.0656. The molecule has 2 rings (SSSR count). The van der Waals surface area contributed by atoms with E-state index in [1.165, 1.54) is 5.56 Å². The van der Waals surface area contributed by atoms with Crippen LogP contribution in [-0.4, -0.2) is 46.2 Å². The van der Waals surface area contributed by atoms with Gasteiger partial charge in [-0.1, -0.05) is 24.3 Å². The van der Waals surface area contributed by atoms with Crippen LogP contribution in [0.5, 0.6) is 5.75 Å². The molecule has 2 aromatic rings. The number of rotatable bonds is 9. The molecule has 0 aliphatic carbocycles. The van der Waals surface area contributed by atoms with Gasteiger partial charge in [0.2, 0.25) is 0 Å². The highest BCUT2D eigenvalue weighted by Gasteiger charge is 2.04. The number of nitrogens with zero attached hydrogens (tertiary/aromatic N) is 1. The predicted octanol–water partition coefficient (Wildman–Crippen LogP) is 2.40. The lowest BCUT2D eigenvalue weighted by atomic mass is 10.1. The molecule has 3 N–H and O–H groups in total. The van der Waals surface area contributed by atoms with E-state index in [1.54, 1.807) is 21.2 Å². The van der Waals surface area contributed by atoms with Crippen molar-refractivity contribution in [2.24, 2.45) is 4.99 Å². The Morgan fingerprint density at radius 2 is 1.75 bits per heavy atom. The molecular formula is C22H30N4O2. The molecule has 0 aliphatic rings. The highest BCUT2D eigenvalue weighted by atomic mass is 16.5. The molecule has 0 aliphatic heterocycles. The summed E-state index contributed by atoms with van der Waals surface area (Å²) in [5, 5.41) is 9.30. The van der Waals surface area contributed by atoms with Crippen molar-refractivity contribution < 1.29 is 9.53 Å². The molecule has 28 heavy (non-hydrogen) atoms. The van der Waals surface area contributed by atoms with E-state index in [1.807, 2.05) is 36.4 Å². The number of hydrogen-bond donors (Lipinski definition) is 3. The molecule has 0 atom stereocenters. The first kappa shape index (κ1) is 21.3. The van der Waals surface area contributed by atoms with Gasteiger partial charge in [0.05, 0.1) is 7.11 Å². The van der Waals surface area contributed by atoms with Crippen LogP contribution in [0, 0.1) is 0 Å². The van der Waals surface area contributed by atoms with E-state index in [-0.39, 0.29) is 5.91 Å². The molecular weight excluding hydrogens is 352 g/mol. The third-order valence-electron chi connectivity index (χ3n) is 4.44. The van der Waals surface area contributed by atoms with Gasteiger partial charge in [-0.25, -0.2) is 0 Å². The van der Waals surface area contributed by atoms with Gasteiger partial charge in [0.15, 0.2) is 5.96 Å². The molecule has 0 fully saturated rings. The van der Waals surface area contributed by atoms with Crippen molar-refractivity contribution in [1.29, 1.82) is 0 Å². The van der Waals surface area contributed by atoms with Gasteiger partial charge in [0.25, 0.3) is 5.91 Å². The lowest BCUT2D eigenvalue weighted by Crippen LogP contribution is -2.38. The van der Waals surface area contributed by atoms with Gasteiger partial charge >= 0.3 is 0 Å². The van der Waals surface area contributed by atoms with E-state index in [0.29, 0.717) is 5.56 Å². The number of guanidine groups is 1. The summed E-state index contributed by atoms with van der Waals surface area (Å²) >= 11 is 0. The second kappa shape index (κ2) is 11.6. The first-order chi connectivity index (χ1) is 13.7. The first-order valence-corrected chi connectivity index (χ1v) is 9.54. The van der Waals surface area contributed by atoms with E-state index in [9.17, 15) is 4.79 Å². The van der Waals surface area contributed by atoms with Crippen molar-refractivity contribution in [3.63, 3.8) is 0 Å². The smallest absolute Gasteiger partial charge is 0.251 e. The molecule has 0 heterocycles. The Labute approximate surface area is 167 Å². The summed E-state index contributed by atoms with van der Waals surface area (Å²) in [5.74, 6) is 1.61. The second-order valence-corrected chi connectivity index (χ2v) is 6.41. The zero-order valence-corrected chi connectivity index (χ0v) is 16.9. The minimum absolute atomic E-state index is 0.0656. The van der Waals surface area contributed by atoms with Crippen LogP contribution in [0.25, 0.3) is 0 Å². The molecule has 1 amide bonds. The molecule has 0 unspecified atom stereocenters. The molecule has 6 nitrogen and oxygen atoms in total. The van der Waals surface area contributed by atoms with Crippen LogP contribution in [0.2, 0.25) is 0 Å². The van der Waals surface area contributed by atoms with E-state index in [2.05, 4.69) is 33.1 Å². The Morgan fingerprint density at radius 3 is 2.43 bits per heavy atom. The Bertz CT molecular complexity index is 772.